The number of nitrogens with zero attached hydrogens (tertiary/aromatic N) is 1. The lowest BCUT2D eigenvalue weighted by molar-refractivity contribution is -0.384. The molecule has 0 amide bonds. The molecule has 0 aliphatic heterocycles. The second kappa shape index (κ2) is 7.58. The molecule has 0 aromatic heterocycles. The smallest absolute Gasteiger partial charge is 0.320 e. The summed E-state index contributed by atoms with van der Waals surface area (Å²) in [5, 5.41) is 22.7. The SMILES string of the molecule is Cc1cc([N+](=O)[O-])ccc1OCCC(NC(C)C)C(=O)O. The van der Waals surface area contributed by atoms with Crippen LogP contribution in [0, 0.1) is 17.0 Å². The molecule has 0 spiro atoms. The molecule has 0 fully saturated rings. The molecule has 1 aromatic rings. The molecular weight excluding hydrogens is 276 g/mol. The Hall–Kier alpha value is -2.15. The van der Waals surface area contributed by atoms with Gasteiger partial charge in [0.15, 0.2) is 0 Å². The predicted molar refractivity (Wildman–Crippen MR) is 77.6 cm³/mol. The third-order valence-electron chi connectivity index (χ3n) is 2.87. The predicted octanol–water partition coefficient (Wildman–Crippen LogP) is 2.12. The van der Waals surface area contributed by atoms with E-state index < -0.39 is 16.9 Å². The minimum absolute atomic E-state index is 0.00439. The fraction of sp³-hybridized carbons (Fsp3) is 0.500. The molecule has 2 N–H and O–H groups in total. The molecule has 7 heteroatoms. The molecule has 1 atom stereocenters. The van der Waals surface area contributed by atoms with Crippen LogP contribution in [-0.4, -0.2) is 34.7 Å². The number of benzene rings is 1. The Morgan fingerprint density at radius 2 is 2.14 bits per heavy atom. The third-order valence-corrected chi connectivity index (χ3v) is 2.87. The normalized spacial score (nSPS) is 12.2. The number of nitro groups is 1. The number of hydrogen-bond acceptors (Lipinski definition) is 5. The van der Waals surface area contributed by atoms with Crippen LogP contribution in [0.3, 0.4) is 0 Å². The zero-order valence-corrected chi connectivity index (χ0v) is 12.3. The maximum absolute atomic E-state index is 11.1. The lowest BCUT2D eigenvalue weighted by Gasteiger charge is -2.17. The van der Waals surface area contributed by atoms with Gasteiger partial charge < -0.3 is 15.2 Å². The fourth-order valence-corrected chi connectivity index (χ4v) is 1.88. The average molecular weight is 296 g/mol. The quantitative estimate of drug-likeness (QED) is 0.563. The van der Waals surface area contributed by atoms with E-state index >= 15 is 0 Å². The van der Waals surface area contributed by atoms with Crippen molar-refractivity contribution in [1.29, 1.82) is 0 Å². The summed E-state index contributed by atoms with van der Waals surface area (Å²) in [5.41, 5.74) is 0.651. The van der Waals surface area contributed by atoms with Crippen LogP contribution in [0.25, 0.3) is 0 Å². The van der Waals surface area contributed by atoms with Crippen LogP contribution in [0.4, 0.5) is 5.69 Å². The van der Waals surface area contributed by atoms with Crippen LogP contribution >= 0.6 is 0 Å². The molecule has 1 aromatic carbocycles. The van der Waals surface area contributed by atoms with Crippen LogP contribution in [0.5, 0.6) is 5.75 Å². The number of nitrogens with one attached hydrogen (secondary N) is 1. The maximum atomic E-state index is 11.1. The summed E-state index contributed by atoms with van der Waals surface area (Å²) in [6, 6.07) is 3.70. The van der Waals surface area contributed by atoms with Gasteiger partial charge in [0.2, 0.25) is 0 Å². The zero-order chi connectivity index (χ0) is 16.0. The van der Waals surface area contributed by atoms with Crippen molar-refractivity contribution in [3.05, 3.63) is 33.9 Å². The molecular formula is C14H20N2O5. The highest BCUT2D eigenvalue weighted by molar-refractivity contribution is 5.73. The van der Waals surface area contributed by atoms with Gasteiger partial charge in [-0.25, -0.2) is 0 Å². The zero-order valence-electron chi connectivity index (χ0n) is 12.3. The molecule has 0 bridgehead atoms. The van der Waals surface area contributed by atoms with Gasteiger partial charge in [-0.15, -0.1) is 0 Å². The Bertz CT molecular complexity index is 516. The van der Waals surface area contributed by atoms with Crippen molar-refractivity contribution in [2.75, 3.05) is 6.61 Å². The Labute approximate surface area is 123 Å². The average Bonchev–Trinajstić information content (AvgIpc) is 2.38. The molecule has 0 saturated carbocycles. The van der Waals surface area contributed by atoms with Gasteiger partial charge in [-0.2, -0.15) is 0 Å². The van der Waals surface area contributed by atoms with E-state index in [-0.39, 0.29) is 18.3 Å². The van der Waals surface area contributed by atoms with Gasteiger partial charge in [-0.1, -0.05) is 13.8 Å². The molecule has 1 rings (SSSR count). The maximum Gasteiger partial charge on any atom is 0.320 e. The number of aliphatic carboxylic acids is 1. The van der Waals surface area contributed by atoms with Gasteiger partial charge in [0, 0.05) is 24.6 Å². The van der Waals surface area contributed by atoms with E-state index in [1.807, 2.05) is 13.8 Å². The van der Waals surface area contributed by atoms with E-state index in [9.17, 15) is 14.9 Å². The standard InChI is InChI=1S/C14H20N2O5/c1-9(2)15-12(14(17)18)6-7-21-13-5-4-11(16(19)20)8-10(13)3/h4-5,8-9,12,15H,6-7H2,1-3H3,(H,17,18). The number of rotatable bonds is 8. The van der Waals surface area contributed by atoms with E-state index in [4.69, 9.17) is 9.84 Å². The molecule has 0 aliphatic carbocycles. The number of hydrogen-bond donors (Lipinski definition) is 2. The van der Waals surface area contributed by atoms with Crippen molar-refractivity contribution in [2.24, 2.45) is 0 Å². The third kappa shape index (κ3) is 5.39. The first-order chi connectivity index (χ1) is 9.81. The first-order valence-electron chi connectivity index (χ1n) is 6.68. The summed E-state index contributed by atoms with van der Waals surface area (Å²) in [6.45, 7) is 5.67. The summed E-state index contributed by atoms with van der Waals surface area (Å²) in [7, 11) is 0. The van der Waals surface area contributed by atoms with E-state index in [0.717, 1.165) is 0 Å². The summed E-state index contributed by atoms with van der Waals surface area (Å²) < 4.78 is 5.51. The highest BCUT2D eigenvalue weighted by atomic mass is 16.6. The van der Waals surface area contributed by atoms with Crippen molar-refractivity contribution in [3.63, 3.8) is 0 Å². The van der Waals surface area contributed by atoms with Crippen molar-refractivity contribution in [1.82, 2.24) is 5.32 Å². The van der Waals surface area contributed by atoms with Crippen molar-refractivity contribution < 1.29 is 19.6 Å². The van der Waals surface area contributed by atoms with Crippen LogP contribution in [0.15, 0.2) is 18.2 Å². The number of aryl methyl sites for hydroxylation is 1. The molecule has 0 radical (unpaired) electrons. The van der Waals surface area contributed by atoms with Gasteiger partial charge in [-0.3, -0.25) is 14.9 Å². The largest absolute Gasteiger partial charge is 0.493 e. The minimum Gasteiger partial charge on any atom is -0.493 e. The molecule has 1 unspecified atom stereocenters. The summed E-state index contributed by atoms with van der Waals surface area (Å²) in [4.78, 5) is 21.2. The number of carboxylic acid groups (broad SMARTS) is 1. The van der Waals surface area contributed by atoms with Gasteiger partial charge in [0.1, 0.15) is 11.8 Å². The van der Waals surface area contributed by atoms with Crippen LogP contribution in [0.2, 0.25) is 0 Å². The molecule has 0 aliphatic rings. The molecule has 21 heavy (non-hydrogen) atoms. The summed E-state index contributed by atoms with van der Waals surface area (Å²) >= 11 is 0. The van der Waals surface area contributed by atoms with Gasteiger partial charge in [-0.05, 0) is 18.6 Å². The van der Waals surface area contributed by atoms with Crippen molar-refractivity contribution in [3.8, 4) is 5.75 Å². The van der Waals surface area contributed by atoms with E-state index in [1.54, 1.807) is 6.92 Å². The van der Waals surface area contributed by atoms with Crippen LogP contribution < -0.4 is 10.1 Å². The first-order valence-corrected chi connectivity index (χ1v) is 6.68. The van der Waals surface area contributed by atoms with E-state index in [0.29, 0.717) is 17.7 Å². The Morgan fingerprint density at radius 3 is 2.62 bits per heavy atom. The minimum atomic E-state index is -0.923. The monoisotopic (exact) mass is 296 g/mol. The highest BCUT2D eigenvalue weighted by Crippen LogP contribution is 2.23. The van der Waals surface area contributed by atoms with Crippen molar-refractivity contribution >= 4 is 11.7 Å². The fourth-order valence-electron chi connectivity index (χ4n) is 1.88. The Balaban J connectivity index is 2.58. The number of non-ortho nitro benzene ring substituents is 1. The number of ether oxygens (including phenoxy) is 1. The second-order valence-corrected chi connectivity index (χ2v) is 5.06. The second-order valence-electron chi connectivity index (χ2n) is 5.06. The lowest BCUT2D eigenvalue weighted by atomic mass is 10.2. The van der Waals surface area contributed by atoms with Gasteiger partial charge in [0.25, 0.3) is 5.69 Å². The van der Waals surface area contributed by atoms with E-state index in [2.05, 4.69) is 5.32 Å². The number of carbonyl (C=O) groups is 1. The summed E-state index contributed by atoms with van der Waals surface area (Å²) in [5.74, 6) is -0.401. The number of carboxylic acids is 1. The Kier molecular flexibility index (Phi) is 6.10. The topological polar surface area (TPSA) is 102 Å². The summed E-state index contributed by atoms with van der Waals surface area (Å²) in [6.07, 6.45) is 0.309. The van der Waals surface area contributed by atoms with Crippen molar-refractivity contribution in [2.45, 2.75) is 39.3 Å². The molecule has 7 nitrogen and oxygen atoms in total. The number of nitro benzene ring substituents is 1. The van der Waals surface area contributed by atoms with Gasteiger partial charge >= 0.3 is 5.97 Å². The van der Waals surface area contributed by atoms with Crippen LogP contribution in [-0.2, 0) is 4.79 Å². The van der Waals surface area contributed by atoms with Crippen LogP contribution in [0.1, 0.15) is 25.8 Å². The molecule has 0 saturated heterocycles. The Morgan fingerprint density at radius 1 is 1.48 bits per heavy atom. The highest BCUT2D eigenvalue weighted by Gasteiger charge is 2.18. The lowest BCUT2D eigenvalue weighted by Crippen LogP contribution is -2.41. The van der Waals surface area contributed by atoms with E-state index in [1.165, 1.54) is 18.2 Å². The first kappa shape index (κ1) is 16.9. The molecule has 0 heterocycles. The van der Waals surface area contributed by atoms with Gasteiger partial charge in [0.05, 0.1) is 11.5 Å². The molecule has 116 valence electrons.